The van der Waals surface area contributed by atoms with Gasteiger partial charge in [0.25, 0.3) is 0 Å². The number of halogens is 1. The summed E-state index contributed by atoms with van der Waals surface area (Å²) < 4.78 is 0. The lowest BCUT2D eigenvalue weighted by molar-refractivity contribution is 0.238. The predicted molar refractivity (Wildman–Crippen MR) is 62.1 cm³/mol. The normalized spacial score (nSPS) is 11.9. The summed E-state index contributed by atoms with van der Waals surface area (Å²) in [6.07, 6.45) is 0. The molecule has 0 radical (unpaired) electrons. The van der Waals surface area contributed by atoms with Gasteiger partial charge >= 0.3 is 6.03 Å². The fraction of sp³-hybridized carbons (Fsp3) is 0.364. The number of rotatable bonds is 4. The highest BCUT2D eigenvalue weighted by atomic mass is 35.5. The summed E-state index contributed by atoms with van der Waals surface area (Å²) in [5, 5.41) is 5.47. The zero-order valence-corrected chi connectivity index (χ0v) is 9.42. The molecule has 0 saturated carbocycles. The Balaban J connectivity index is 2.42. The third-order valence-corrected chi connectivity index (χ3v) is 2.22. The molecule has 0 saturated heterocycles. The summed E-state index contributed by atoms with van der Waals surface area (Å²) in [6, 6.07) is 9.62. The molecule has 1 atom stereocenters. The van der Waals surface area contributed by atoms with E-state index in [1.54, 1.807) is 0 Å². The van der Waals surface area contributed by atoms with Gasteiger partial charge in [-0.05, 0) is 12.5 Å². The summed E-state index contributed by atoms with van der Waals surface area (Å²) in [4.78, 5) is 11.3. The fourth-order valence-corrected chi connectivity index (χ4v) is 1.33. The van der Waals surface area contributed by atoms with Crippen LogP contribution in [0.25, 0.3) is 0 Å². The van der Waals surface area contributed by atoms with Crippen LogP contribution in [0.15, 0.2) is 30.3 Å². The summed E-state index contributed by atoms with van der Waals surface area (Å²) in [5.41, 5.74) is 1.08. The van der Waals surface area contributed by atoms with Gasteiger partial charge < -0.3 is 10.6 Å². The number of hydrogen-bond donors (Lipinski definition) is 2. The largest absolute Gasteiger partial charge is 0.337 e. The lowest BCUT2D eigenvalue weighted by Crippen LogP contribution is -2.37. The van der Waals surface area contributed by atoms with E-state index in [0.29, 0.717) is 12.4 Å². The molecule has 15 heavy (non-hydrogen) atoms. The van der Waals surface area contributed by atoms with Crippen LogP contribution < -0.4 is 10.6 Å². The number of alkyl halides is 1. The van der Waals surface area contributed by atoms with Crippen molar-refractivity contribution in [3.63, 3.8) is 0 Å². The summed E-state index contributed by atoms with van der Waals surface area (Å²) >= 11 is 5.46. The van der Waals surface area contributed by atoms with Crippen molar-refractivity contribution in [3.05, 3.63) is 35.9 Å². The Kier molecular flexibility index (Phi) is 4.98. The van der Waals surface area contributed by atoms with Crippen molar-refractivity contribution in [3.8, 4) is 0 Å². The van der Waals surface area contributed by atoms with Crippen molar-refractivity contribution in [2.24, 2.45) is 0 Å². The Morgan fingerprint density at radius 1 is 1.40 bits per heavy atom. The Hall–Kier alpha value is -1.22. The molecular formula is C11H15ClN2O. The van der Waals surface area contributed by atoms with Gasteiger partial charge in [0.15, 0.2) is 0 Å². The molecule has 0 heterocycles. The van der Waals surface area contributed by atoms with Crippen molar-refractivity contribution >= 4 is 17.6 Å². The molecule has 82 valence electrons. The number of hydrogen-bond acceptors (Lipinski definition) is 1. The summed E-state index contributed by atoms with van der Waals surface area (Å²) in [5.74, 6) is 0.424. The zero-order chi connectivity index (χ0) is 11.1. The van der Waals surface area contributed by atoms with Crippen molar-refractivity contribution in [2.45, 2.75) is 13.0 Å². The smallest absolute Gasteiger partial charge is 0.315 e. The van der Waals surface area contributed by atoms with E-state index in [-0.39, 0.29) is 12.1 Å². The first-order valence-corrected chi connectivity index (χ1v) is 5.42. The molecule has 0 aromatic heterocycles. The minimum absolute atomic E-state index is 0.00141. The van der Waals surface area contributed by atoms with Gasteiger partial charge in [-0.25, -0.2) is 4.79 Å². The minimum atomic E-state index is -0.188. The van der Waals surface area contributed by atoms with E-state index >= 15 is 0 Å². The second-order valence-corrected chi connectivity index (χ2v) is 3.60. The molecule has 1 rings (SSSR count). The van der Waals surface area contributed by atoms with Crippen LogP contribution in [-0.4, -0.2) is 18.5 Å². The van der Waals surface area contributed by atoms with Crippen LogP contribution in [0.3, 0.4) is 0 Å². The first kappa shape index (κ1) is 11.9. The number of amides is 2. The number of nitrogens with one attached hydrogen (secondary N) is 2. The average Bonchev–Trinajstić information content (AvgIpc) is 2.27. The number of urea groups is 1. The highest BCUT2D eigenvalue weighted by Crippen LogP contribution is 2.10. The first-order chi connectivity index (χ1) is 7.24. The van der Waals surface area contributed by atoms with Crippen LogP contribution in [0.2, 0.25) is 0 Å². The van der Waals surface area contributed by atoms with Crippen LogP contribution in [0.5, 0.6) is 0 Å². The van der Waals surface area contributed by atoms with Gasteiger partial charge in [-0.2, -0.15) is 0 Å². The van der Waals surface area contributed by atoms with Crippen molar-refractivity contribution < 1.29 is 4.79 Å². The van der Waals surface area contributed by atoms with E-state index in [9.17, 15) is 4.79 Å². The van der Waals surface area contributed by atoms with Crippen molar-refractivity contribution in [1.29, 1.82) is 0 Å². The quantitative estimate of drug-likeness (QED) is 0.760. The Bertz CT molecular complexity index is 303. The van der Waals surface area contributed by atoms with Crippen molar-refractivity contribution in [2.75, 3.05) is 12.4 Å². The van der Waals surface area contributed by atoms with Gasteiger partial charge in [-0.3, -0.25) is 0 Å². The molecule has 0 aliphatic carbocycles. The standard InChI is InChI=1S/C11H15ClN2O/c1-9(10-5-3-2-4-6-10)14-11(15)13-8-7-12/h2-6,9H,7-8H2,1H3,(H2,13,14,15). The monoisotopic (exact) mass is 226 g/mol. The molecule has 0 spiro atoms. The van der Waals surface area contributed by atoms with Crippen LogP contribution in [0.1, 0.15) is 18.5 Å². The molecule has 0 aliphatic heterocycles. The third kappa shape index (κ3) is 4.21. The highest BCUT2D eigenvalue weighted by Gasteiger charge is 2.07. The van der Waals surface area contributed by atoms with Gasteiger partial charge in [0.1, 0.15) is 0 Å². The minimum Gasteiger partial charge on any atom is -0.337 e. The average molecular weight is 227 g/mol. The van der Waals surface area contributed by atoms with Crippen LogP contribution in [0.4, 0.5) is 4.79 Å². The van der Waals surface area contributed by atoms with Crippen molar-refractivity contribution in [1.82, 2.24) is 10.6 Å². The number of benzene rings is 1. The van der Waals surface area contributed by atoms with Gasteiger partial charge in [0.2, 0.25) is 0 Å². The maximum atomic E-state index is 11.3. The molecular weight excluding hydrogens is 212 g/mol. The molecule has 4 heteroatoms. The molecule has 1 aromatic rings. The highest BCUT2D eigenvalue weighted by molar-refractivity contribution is 6.18. The number of carbonyl (C=O) groups excluding carboxylic acids is 1. The molecule has 0 fully saturated rings. The van der Waals surface area contributed by atoms with Crippen LogP contribution >= 0.6 is 11.6 Å². The Morgan fingerprint density at radius 2 is 2.07 bits per heavy atom. The van der Waals surface area contributed by atoms with E-state index in [4.69, 9.17) is 11.6 Å². The molecule has 1 aromatic carbocycles. The molecule has 3 nitrogen and oxygen atoms in total. The predicted octanol–water partition coefficient (Wildman–Crippen LogP) is 2.29. The lowest BCUT2D eigenvalue weighted by Gasteiger charge is -2.14. The van der Waals surface area contributed by atoms with Gasteiger partial charge in [-0.15, -0.1) is 11.6 Å². The van der Waals surface area contributed by atoms with Crippen LogP contribution in [0, 0.1) is 0 Å². The van der Waals surface area contributed by atoms with E-state index in [1.165, 1.54) is 0 Å². The topological polar surface area (TPSA) is 41.1 Å². The second kappa shape index (κ2) is 6.30. The summed E-state index contributed by atoms with van der Waals surface area (Å²) in [7, 11) is 0. The Labute approximate surface area is 94.8 Å². The number of carbonyl (C=O) groups is 1. The molecule has 2 N–H and O–H groups in total. The molecule has 0 aliphatic rings. The van der Waals surface area contributed by atoms with Gasteiger partial charge in [0, 0.05) is 12.4 Å². The first-order valence-electron chi connectivity index (χ1n) is 4.89. The van der Waals surface area contributed by atoms with E-state index in [1.807, 2.05) is 37.3 Å². The van der Waals surface area contributed by atoms with E-state index in [0.717, 1.165) is 5.56 Å². The Morgan fingerprint density at radius 3 is 2.67 bits per heavy atom. The summed E-state index contributed by atoms with van der Waals surface area (Å²) in [6.45, 7) is 2.42. The fourth-order valence-electron chi connectivity index (χ4n) is 1.23. The van der Waals surface area contributed by atoms with Gasteiger partial charge in [-0.1, -0.05) is 30.3 Å². The third-order valence-electron chi connectivity index (χ3n) is 2.03. The lowest BCUT2D eigenvalue weighted by atomic mass is 10.1. The maximum Gasteiger partial charge on any atom is 0.315 e. The SMILES string of the molecule is CC(NC(=O)NCCCl)c1ccccc1. The zero-order valence-electron chi connectivity index (χ0n) is 8.66. The molecule has 2 amide bonds. The van der Waals surface area contributed by atoms with Gasteiger partial charge in [0.05, 0.1) is 6.04 Å². The van der Waals surface area contributed by atoms with Crippen LogP contribution in [-0.2, 0) is 0 Å². The van der Waals surface area contributed by atoms with E-state index in [2.05, 4.69) is 10.6 Å². The molecule has 1 unspecified atom stereocenters. The molecule has 0 bridgehead atoms. The maximum absolute atomic E-state index is 11.3. The second-order valence-electron chi connectivity index (χ2n) is 3.22. The van der Waals surface area contributed by atoms with E-state index < -0.39 is 0 Å².